The van der Waals surface area contributed by atoms with Crippen LogP contribution in [0.4, 0.5) is 0 Å². The van der Waals surface area contributed by atoms with Crippen LogP contribution in [-0.2, 0) is 9.47 Å². The molecule has 0 aromatic carbocycles. The van der Waals surface area contributed by atoms with Crippen LogP contribution >= 0.6 is 0 Å². The maximum atomic E-state index is 9.02. The van der Waals surface area contributed by atoms with Crippen molar-refractivity contribution in [3.8, 4) is 0 Å². The Morgan fingerprint density at radius 3 is 2.00 bits per heavy atom. The highest BCUT2D eigenvalue weighted by Gasteiger charge is 2.05. The van der Waals surface area contributed by atoms with Crippen molar-refractivity contribution < 1.29 is 14.6 Å². The summed E-state index contributed by atoms with van der Waals surface area (Å²) >= 11 is 0. The molecule has 0 aromatic rings. The van der Waals surface area contributed by atoms with Crippen LogP contribution in [0.2, 0.25) is 0 Å². The Labute approximate surface area is 67.7 Å². The van der Waals surface area contributed by atoms with E-state index < -0.39 is 0 Å². The first-order valence-corrected chi connectivity index (χ1v) is 3.59. The molecule has 0 aliphatic carbocycles. The van der Waals surface area contributed by atoms with Crippen LogP contribution in [0.1, 0.15) is 6.92 Å². The third-order valence-electron chi connectivity index (χ3n) is 1.15. The number of nitrogens with zero attached hydrogens (tertiary/aromatic N) is 1. The Bertz CT molecular complexity index is 81.8. The molecule has 0 saturated carbocycles. The van der Waals surface area contributed by atoms with Crippen molar-refractivity contribution in [2.45, 2.75) is 13.0 Å². The van der Waals surface area contributed by atoms with Crippen molar-refractivity contribution in [1.82, 2.24) is 4.90 Å². The molecule has 0 heterocycles. The van der Waals surface area contributed by atoms with Crippen LogP contribution < -0.4 is 0 Å². The molecule has 0 bridgehead atoms. The zero-order chi connectivity index (χ0) is 8.69. The zero-order valence-corrected chi connectivity index (χ0v) is 7.41. The maximum absolute atomic E-state index is 9.02. The number of methoxy groups -OCH3 is 2. The fraction of sp³-hybridized carbons (Fsp3) is 1.00. The molecule has 1 N–H and O–H groups in total. The summed E-state index contributed by atoms with van der Waals surface area (Å²) in [6.07, 6.45) is -0.347. The van der Waals surface area contributed by atoms with E-state index >= 15 is 0 Å². The van der Waals surface area contributed by atoms with Crippen molar-refractivity contribution >= 4 is 0 Å². The Morgan fingerprint density at radius 1 is 1.27 bits per heavy atom. The van der Waals surface area contributed by atoms with Crippen LogP contribution in [0.25, 0.3) is 0 Å². The van der Waals surface area contributed by atoms with Crippen molar-refractivity contribution in [2.24, 2.45) is 0 Å². The number of hydrogen-bond donors (Lipinski definition) is 1. The summed E-state index contributed by atoms with van der Waals surface area (Å²) in [6.45, 7) is 3.28. The first kappa shape index (κ1) is 10.8. The largest absolute Gasteiger partial charge is 0.392 e. The molecule has 0 fully saturated rings. The second-order valence-corrected chi connectivity index (χ2v) is 2.54. The van der Waals surface area contributed by atoms with Crippen LogP contribution in [0.15, 0.2) is 0 Å². The van der Waals surface area contributed by atoms with Gasteiger partial charge in [0.15, 0.2) is 0 Å². The van der Waals surface area contributed by atoms with Gasteiger partial charge >= 0.3 is 0 Å². The minimum absolute atomic E-state index is 0.347. The SMILES string of the molecule is COCN(COC)CC(C)O. The van der Waals surface area contributed by atoms with Crippen molar-refractivity contribution in [2.75, 3.05) is 34.2 Å². The number of aliphatic hydroxyl groups is 1. The molecule has 0 spiro atoms. The third kappa shape index (κ3) is 6.25. The van der Waals surface area contributed by atoms with E-state index in [0.717, 1.165) is 0 Å². The van der Waals surface area contributed by atoms with E-state index in [1.54, 1.807) is 21.1 Å². The lowest BCUT2D eigenvalue weighted by Gasteiger charge is -2.21. The monoisotopic (exact) mass is 163 g/mol. The normalized spacial score (nSPS) is 13.9. The average Bonchev–Trinajstić information content (AvgIpc) is 1.87. The fourth-order valence-corrected chi connectivity index (χ4v) is 0.881. The van der Waals surface area contributed by atoms with Gasteiger partial charge in [0.2, 0.25) is 0 Å². The fourth-order valence-electron chi connectivity index (χ4n) is 0.881. The minimum Gasteiger partial charge on any atom is -0.392 e. The van der Waals surface area contributed by atoms with Gasteiger partial charge in [-0.15, -0.1) is 0 Å². The van der Waals surface area contributed by atoms with Gasteiger partial charge in [-0.3, -0.25) is 4.90 Å². The highest BCUT2D eigenvalue weighted by molar-refractivity contribution is 4.52. The van der Waals surface area contributed by atoms with Crippen molar-refractivity contribution in [1.29, 1.82) is 0 Å². The summed E-state index contributed by atoms with van der Waals surface area (Å²) in [7, 11) is 3.23. The lowest BCUT2D eigenvalue weighted by Crippen LogP contribution is -2.34. The molecule has 1 atom stereocenters. The second-order valence-electron chi connectivity index (χ2n) is 2.54. The number of aliphatic hydroxyl groups excluding tert-OH is 1. The maximum Gasteiger partial charge on any atom is 0.100 e. The summed E-state index contributed by atoms with van der Waals surface area (Å²) in [5.41, 5.74) is 0. The molecule has 0 saturated heterocycles. The first-order valence-electron chi connectivity index (χ1n) is 3.59. The molecule has 0 aliphatic rings. The molecule has 68 valence electrons. The Balaban J connectivity index is 3.50. The van der Waals surface area contributed by atoms with Gasteiger partial charge in [0.25, 0.3) is 0 Å². The lowest BCUT2D eigenvalue weighted by molar-refractivity contribution is -0.0325. The second kappa shape index (κ2) is 6.54. The van der Waals surface area contributed by atoms with E-state index in [1.165, 1.54) is 0 Å². The Morgan fingerprint density at radius 2 is 1.73 bits per heavy atom. The molecule has 0 amide bonds. The molecular formula is C7H17NO3. The first-order chi connectivity index (χ1) is 5.20. The molecule has 0 aliphatic heterocycles. The molecule has 0 aromatic heterocycles. The quantitative estimate of drug-likeness (QED) is 0.554. The average molecular weight is 163 g/mol. The molecule has 0 rings (SSSR count). The van der Waals surface area contributed by atoms with Gasteiger partial charge < -0.3 is 14.6 Å². The standard InChI is InChI=1S/C7H17NO3/c1-7(9)4-8(5-10-2)6-11-3/h7,9H,4-6H2,1-3H3. The smallest absolute Gasteiger partial charge is 0.100 e. The van der Waals surface area contributed by atoms with E-state index in [9.17, 15) is 0 Å². The molecule has 11 heavy (non-hydrogen) atoms. The van der Waals surface area contributed by atoms with E-state index in [0.29, 0.717) is 20.0 Å². The van der Waals surface area contributed by atoms with Crippen molar-refractivity contribution in [3.63, 3.8) is 0 Å². The summed E-state index contributed by atoms with van der Waals surface area (Å²) in [5, 5.41) is 9.02. The molecular weight excluding hydrogens is 146 g/mol. The predicted molar refractivity (Wildman–Crippen MR) is 42.1 cm³/mol. The van der Waals surface area contributed by atoms with Gasteiger partial charge in [0.05, 0.1) is 6.10 Å². The van der Waals surface area contributed by atoms with Gasteiger partial charge in [0.1, 0.15) is 13.5 Å². The van der Waals surface area contributed by atoms with Crippen LogP contribution in [0.3, 0.4) is 0 Å². The summed E-state index contributed by atoms with van der Waals surface area (Å²) < 4.78 is 9.78. The van der Waals surface area contributed by atoms with Crippen molar-refractivity contribution in [3.05, 3.63) is 0 Å². The van der Waals surface area contributed by atoms with Gasteiger partial charge in [-0.1, -0.05) is 0 Å². The highest BCUT2D eigenvalue weighted by atomic mass is 16.5. The van der Waals surface area contributed by atoms with E-state index in [-0.39, 0.29) is 6.10 Å². The van der Waals surface area contributed by atoms with Crippen LogP contribution in [-0.4, -0.2) is 50.3 Å². The topological polar surface area (TPSA) is 41.9 Å². The predicted octanol–water partition coefficient (Wildman–Crippen LogP) is -0.123. The minimum atomic E-state index is -0.347. The van der Waals surface area contributed by atoms with Gasteiger partial charge in [-0.2, -0.15) is 0 Å². The van der Waals surface area contributed by atoms with Gasteiger partial charge in [-0.05, 0) is 6.92 Å². The summed E-state index contributed by atoms with van der Waals surface area (Å²) in [6, 6.07) is 0. The van der Waals surface area contributed by atoms with Gasteiger partial charge in [-0.25, -0.2) is 0 Å². The molecule has 0 radical (unpaired) electrons. The van der Waals surface area contributed by atoms with E-state index in [2.05, 4.69) is 0 Å². The molecule has 4 nitrogen and oxygen atoms in total. The lowest BCUT2D eigenvalue weighted by atomic mass is 10.4. The Hall–Kier alpha value is -0.160. The van der Waals surface area contributed by atoms with E-state index in [4.69, 9.17) is 14.6 Å². The Kier molecular flexibility index (Phi) is 6.45. The van der Waals surface area contributed by atoms with Crippen LogP contribution in [0, 0.1) is 0 Å². The molecule has 1 unspecified atom stereocenters. The highest BCUT2D eigenvalue weighted by Crippen LogP contribution is 1.91. The number of hydrogen-bond acceptors (Lipinski definition) is 4. The summed E-state index contributed by atoms with van der Waals surface area (Å²) in [5.74, 6) is 0. The van der Waals surface area contributed by atoms with E-state index in [1.807, 2.05) is 4.90 Å². The summed E-state index contributed by atoms with van der Waals surface area (Å²) in [4.78, 5) is 1.87. The van der Waals surface area contributed by atoms with Gasteiger partial charge in [0, 0.05) is 20.8 Å². The van der Waals surface area contributed by atoms with Crippen LogP contribution in [0.5, 0.6) is 0 Å². The molecule has 4 heteroatoms. The number of ether oxygens (including phenoxy) is 2. The third-order valence-corrected chi connectivity index (χ3v) is 1.15. The number of rotatable bonds is 6. The zero-order valence-electron chi connectivity index (χ0n) is 7.41.